The van der Waals surface area contributed by atoms with Crippen LogP contribution in [0.1, 0.15) is 24.6 Å². The van der Waals surface area contributed by atoms with Crippen LogP contribution in [0, 0.1) is 0 Å². The van der Waals surface area contributed by atoms with Crippen LogP contribution in [0.25, 0.3) is 5.69 Å². The van der Waals surface area contributed by atoms with Crippen LogP contribution in [0.15, 0.2) is 36.7 Å². The molecular formula is C19H19Cl2N7O3. The Morgan fingerprint density at radius 2 is 2.06 bits per heavy atom. The minimum Gasteiger partial charge on any atom is -0.480 e. The zero-order valence-electron chi connectivity index (χ0n) is 16.2. The fourth-order valence-electron chi connectivity index (χ4n) is 3.06. The Morgan fingerprint density at radius 1 is 1.26 bits per heavy atom. The number of carbonyl (C=O) groups excluding carboxylic acids is 1. The molecule has 0 bridgehead atoms. The van der Waals surface area contributed by atoms with Gasteiger partial charge >= 0.3 is 5.97 Å². The molecule has 12 heteroatoms. The molecule has 1 unspecified atom stereocenters. The first-order valence-electron chi connectivity index (χ1n) is 9.57. The molecule has 1 aliphatic carbocycles. The summed E-state index contributed by atoms with van der Waals surface area (Å²) in [6.45, 7) is -0.218. The second kappa shape index (κ2) is 9.04. The molecule has 4 rings (SSSR count). The van der Waals surface area contributed by atoms with Gasteiger partial charge in [0.15, 0.2) is 5.15 Å². The molecule has 31 heavy (non-hydrogen) atoms. The van der Waals surface area contributed by atoms with Gasteiger partial charge in [0.05, 0.1) is 35.9 Å². The summed E-state index contributed by atoms with van der Waals surface area (Å²) >= 11 is 11.9. The van der Waals surface area contributed by atoms with Crippen molar-refractivity contribution in [2.24, 2.45) is 0 Å². The number of carboxylic acids is 1. The molecule has 0 aliphatic heterocycles. The van der Waals surface area contributed by atoms with E-state index in [2.05, 4.69) is 26.0 Å². The average Bonchev–Trinajstić information content (AvgIpc) is 3.31. The van der Waals surface area contributed by atoms with Gasteiger partial charge < -0.3 is 10.4 Å². The molecule has 0 radical (unpaired) electrons. The lowest BCUT2D eigenvalue weighted by molar-refractivity contribution is -0.139. The highest BCUT2D eigenvalue weighted by molar-refractivity contribution is 6.31. The molecule has 2 heterocycles. The summed E-state index contributed by atoms with van der Waals surface area (Å²) in [5.41, 5.74) is 1.56. The zero-order chi connectivity index (χ0) is 22.0. The van der Waals surface area contributed by atoms with E-state index in [1.54, 1.807) is 24.3 Å². The van der Waals surface area contributed by atoms with Gasteiger partial charge in [0.1, 0.15) is 6.04 Å². The number of hydrogen-bond acceptors (Lipinski definition) is 6. The van der Waals surface area contributed by atoms with Crippen LogP contribution in [0.5, 0.6) is 0 Å². The number of aliphatic carboxylic acids is 1. The highest BCUT2D eigenvalue weighted by atomic mass is 35.5. The molecule has 10 nitrogen and oxygen atoms in total. The van der Waals surface area contributed by atoms with Crippen LogP contribution in [0.4, 0.5) is 5.69 Å². The maximum atomic E-state index is 12.5. The Bertz CT molecular complexity index is 1110. The molecule has 3 N–H and O–H groups in total. The van der Waals surface area contributed by atoms with Crippen molar-refractivity contribution in [1.82, 2.24) is 30.1 Å². The van der Waals surface area contributed by atoms with Crippen molar-refractivity contribution in [2.45, 2.75) is 31.3 Å². The van der Waals surface area contributed by atoms with E-state index in [-0.39, 0.29) is 18.1 Å². The predicted molar refractivity (Wildman–Crippen MR) is 114 cm³/mol. The quantitative estimate of drug-likeness (QED) is 0.444. The number of amides is 1. The molecule has 1 aliphatic rings. The number of rotatable bonds is 9. The molecule has 0 spiro atoms. The van der Waals surface area contributed by atoms with E-state index in [4.69, 9.17) is 23.2 Å². The van der Waals surface area contributed by atoms with Gasteiger partial charge in [-0.3, -0.25) is 19.6 Å². The third kappa shape index (κ3) is 5.40. The Labute approximate surface area is 187 Å². The maximum absolute atomic E-state index is 12.5. The number of hydrogen-bond donors (Lipinski definition) is 3. The van der Waals surface area contributed by atoms with Gasteiger partial charge in [0, 0.05) is 17.6 Å². The third-order valence-corrected chi connectivity index (χ3v) is 5.16. The summed E-state index contributed by atoms with van der Waals surface area (Å²) in [5.74, 6) is -1.50. The summed E-state index contributed by atoms with van der Waals surface area (Å²) in [4.78, 5) is 24.1. The van der Waals surface area contributed by atoms with Gasteiger partial charge in [0.25, 0.3) is 0 Å². The fraction of sp³-hybridized carbons (Fsp3) is 0.316. The smallest absolute Gasteiger partial charge is 0.321 e. The second-order valence-electron chi connectivity index (χ2n) is 7.19. The highest BCUT2D eigenvalue weighted by Crippen LogP contribution is 2.34. The van der Waals surface area contributed by atoms with Crippen molar-refractivity contribution in [1.29, 1.82) is 0 Å². The van der Waals surface area contributed by atoms with Crippen LogP contribution in [-0.2, 0) is 16.0 Å². The van der Waals surface area contributed by atoms with E-state index in [1.165, 1.54) is 10.9 Å². The summed E-state index contributed by atoms with van der Waals surface area (Å²) < 4.78 is 3.26. The summed E-state index contributed by atoms with van der Waals surface area (Å²) in [5, 5.41) is 27.6. The first kappa shape index (κ1) is 21.3. The van der Waals surface area contributed by atoms with Crippen molar-refractivity contribution >= 4 is 40.8 Å². The average molecular weight is 464 g/mol. The molecule has 1 atom stereocenters. The number of carboxylic acid groups (broad SMARTS) is 1. The van der Waals surface area contributed by atoms with E-state index in [0.29, 0.717) is 28.1 Å². The lowest BCUT2D eigenvalue weighted by Gasteiger charge is -2.15. The van der Waals surface area contributed by atoms with Crippen LogP contribution in [-0.4, -0.2) is 54.3 Å². The summed E-state index contributed by atoms with van der Waals surface area (Å²) in [7, 11) is 0. The Kier molecular flexibility index (Phi) is 6.21. The lowest BCUT2D eigenvalue weighted by atomic mass is 10.1. The molecule has 1 amide bonds. The van der Waals surface area contributed by atoms with E-state index in [1.807, 2.05) is 10.9 Å². The third-order valence-electron chi connectivity index (χ3n) is 4.75. The number of anilines is 1. The molecule has 0 saturated heterocycles. The second-order valence-corrected chi connectivity index (χ2v) is 8.01. The zero-order valence-corrected chi connectivity index (χ0v) is 17.7. The van der Waals surface area contributed by atoms with Crippen molar-refractivity contribution in [3.05, 3.63) is 52.5 Å². The molecule has 1 saturated carbocycles. The Hall–Kier alpha value is -2.95. The van der Waals surface area contributed by atoms with Crippen LogP contribution < -0.4 is 10.6 Å². The highest BCUT2D eigenvalue weighted by Gasteiger charge is 2.25. The largest absolute Gasteiger partial charge is 0.480 e. The number of halogens is 2. The monoisotopic (exact) mass is 463 g/mol. The van der Waals surface area contributed by atoms with Crippen LogP contribution >= 0.6 is 23.2 Å². The molecular weight excluding hydrogens is 445 g/mol. The molecule has 3 aromatic rings. The van der Waals surface area contributed by atoms with E-state index < -0.39 is 17.9 Å². The normalized spacial score (nSPS) is 14.4. The van der Waals surface area contributed by atoms with Gasteiger partial charge in [-0.2, -0.15) is 5.10 Å². The predicted octanol–water partition coefficient (Wildman–Crippen LogP) is 2.33. The first-order valence-corrected chi connectivity index (χ1v) is 10.3. The van der Waals surface area contributed by atoms with Crippen molar-refractivity contribution in [3.63, 3.8) is 0 Å². The van der Waals surface area contributed by atoms with E-state index in [0.717, 1.165) is 12.8 Å². The van der Waals surface area contributed by atoms with Gasteiger partial charge in [-0.1, -0.05) is 28.4 Å². The van der Waals surface area contributed by atoms with Crippen molar-refractivity contribution < 1.29 is 14.7 Å². The molecule has 162 valence electrons. The number of benzene rings is 1. The molecule has 1 aromatic carbocycles. The SMILES string of the molecule is O=C(CNC(Cc1ccn(C2CC2)n1)C(=O)O)Nc1cc(Cl)ccc1-n1cc(Cl)nn1. The first-order chi connectivity index (χ1) is 14.9. The summed E-state index contributed by atoms with van der Waals surface area (Å²) in [6.07, 6.45) is 5.69. The van der Waals surface area contributed by atoms with Gasteiger partial charge in [-0.15, -0.1) is 5.10 Å². The Morgan fingerprint density at radius 3 is 2.74 bits per heavy atom. The number of nitrogens with zero attached hydrogens (tertiary/aromatic N) is 5. The van der Waals surface area contributed by atoms with Gasteiger partial charge in [0.2, 0.25) is 5.91 Å². The van der Waals surface area contributed by atoms with Crippen LogP contribution in [0.3, 0.4) is 0 Å². The minimum absolute atomic E-state index is 0.169. The van der Waals surface area contributed by atoms with Crippen molar-refractivity contribution in [2.75, 3.05) is 11.9 Å². The number of aromatic nitrogens is 5. The number of carbonyl (C=O) groups is 2. The van der Waals surface area contributed by atoms with E-state index in [9.17, 15) is 14.7 Å². The molecule has 1 fully saturated rings. The standard InChI is InChI=1S/C19H19Cl2N7O3/c20-11-1-4-16(28-10-17(21)24-26-28)14(7-11)23-18(29)9-22-15(19(30)31)8-12-5-6-27(25-12)13-2-3-13/h1,4-7,10,13,15,22H,2-3,8-9H2,(H,23,29)(H,30,31). The fourth-order valence-corrected chi connectivity index (χ4v) is 3.36. The maximum Gasteiger partial charge on any atom is 0.321 e. The van der Waals surface area contributed by atoms with Crippen LogP contribution in [0.2, 0.25) is 10.2 Å². The minimum atomic E-state index is -1.06. The number of nitrogens with one attached hydrogen (secondary N) is 2. The van der Waals surface area contributed by atoms with Crippen molar-refractivity contribution in [3.8, 4) is 5.69 Å². The van der Waals surface area contributed by atoms with Gasteiger partial charge in [-0.25, -0.2) is 4.68 Å². The Balaban J connectivity index is 1.39. The summed E-state index contributed by atoms with van der Waals surface area (Å²) in [6, 6.07) is 6.12. The topological polar surface area (TPSA) is 127 Å². The van der Waals surface area contributed by atoms with Gasteiger partial charge in [-0.05, 0) is 37.1 Å². The van der Waals surface area contributed by atoms with E-state index >= 15 is 0 Å². The molecule has 2 aromatic heterocycles. The lowest BCUT2D eigenvalue weighted by Crippen LogP contribution is -2.42.